The minimum atomic E-state index is -0.282. The Morgan fingerprint density at radius 3 is 2.88 bits per heavy atom. The molecule has 0 aromatic rings. The highest BCUT2D eigenvalue weighted by Crippen LogP contribution is 2.28. The summed E-state index contributed by atoms with van der Waals surface area (Å²) in [6.45, 7) is 3.82. The summed E-state index contributed by atoms with van der Waals surface area (Å²) in [5, 5.41) is 0. The molecule has 0 bridgehead atoms. The quantitative estimate of drug-likeness (QED) is 0.663. The van der Waals surface area contributed by atoms with Crippen LogP contribution in [0.15, 0.2) is 0 Å². The van der Waals surface area contributed by atoms with Gasteiger partial charge in [0.25, 0.3) is 0 Å². The van der Waals surface area contributed by atoms with Gasteiger partial charge in [-0.15, -0.1) is 0 Å². The van der Waals surface area contributed by atoms with Crippen LogP contribution in [0.25, 0.3) is 0 Å². The van der Waals surface area contributed by atoms with Crippen LogP contribution in [0.2, 0.25) is 0 Å². The van der Waals surface area contributed by atoms with Crippen molar-refractivity contribution in [2.45, 2.75) is 25.3 Å². The molecule has 0 N–H and O–H groups in total. The van der Waals surface area contributed by atoms with Crippen molar-refractivity contribution in [2.75, 3.05) is 40.0 Å². The zero-order chi connectivity index (χ0) is 11.4. The van der Waals surface area contributed by atoms with E-state index in [9.17, 15) is 4.79 Å². The van der Waals surface area contributed by atoms with Crippen LogP contribution in [-0.4, -0.2) is 57.2 Å². The third kappa shape index (κ3) is 2.62. The lowest BCUT2D eigenvalue weighted by Crippen LogP contribution is -2.46. The number of likely N-dealkylation sites (N-methyl/N-ethyl adjacent to an activating group) is 1. The van der Waals surface area contributed by atoms with Crippen molar-refractivity contribution < 1.29 is 14.3 Å². The molecule has 16 heavy (non-hydrogen) atoms. The van der Waals surface area contributed by atoms with Crippen molar-refractivity contribution in [2.24, 2.45) is 5.41 Å². The molecule has 2 saturated heterocycles. The van der Waals surface area contributed by atoms with Crippen molar-refractivity contribution in [3.8, 4) is 0 Å². The van der Waals surface area contributed by atoms with E-state index >= 15 is 0 Å². The molecule has 0 aromatic carbocycles. The summed E-state index contributed by atoms with van der Waals surface area (Å²) < 4.78 is 10.8. The summed E-state index contributed by atoms with van der Waals surface area (Å²) in [6.07, 6.45) is 4.12. The topological polar surface area (TPSA) is 38.8 Å². The molecule has 4 nitrogen and oxygen atoms in total. The maximum atomic E-state index is 11.3. The standard InChI is InChI=1S/C12H21NO3/c1-13(11-3-6-15-7-11)8-12(9-14)4-2-5-16-10-12/h9,11H,2-8,10H2,1H3. The van der Waals surface area contributed by atoms with Gasteiger partial charge in [-0.25, -0.2) is 0 Å². The van der Waals surface area contributed by atoms with E-state index in [-0.39, 0.29) is 5.41 Å². The van der Waals surface area contributed by atoms with Crippen LogP contribution >= 0.6 is 0 Å². The van der Waals surface area contributed by atoms with Gasteiger partial charge in [0.2, 0.25) is 0 Å². The van der Waals surface area contributed by atoms with Crippen LogP contribution in [0.4, 0.5) is 0 Å². The average Bonchev–Trinajstić information content (AvgIpc) is 2.84. The molecule has 0 spiro atoms. The van der Waals surface area contributed by atoms with Crippen LogP contribution in [0, 0.1) is 5.41 Å². The Hall–Kier alpha value is -0.450. The van der Waals surface area contributed by atoms with Crippen molar-refractivity contribution in [3.05, 3.63) is 0 Å². The van der Waals surface area contributed by atoms with Gasteiger partial charge in [0.05, 0.1) is 18.6 Å². The lowest BCUT2D eigenvalue weighted by Gasteiger charge is -2.37. The SMILES string of the molecule is CN(CC1(C=O)CCCOC1)C1CCOC1. The predicted octanol–water partition coefficient (Wildman–Crippen LogP) is 0.703. The summed E-state index contributed by atoms with van der Waals surface area (Å²) in [5.74, 6) is 0. The van der Waals surface area contributed by atoms with Crippen LogP contribution < -0.4 is 0 Å². The third-order valence-corrected chi connectivity index (χ3v) is 3.70. The second kappa shape index (κ2) is 5.25. The molecule has 0 saturated carbocycles. The highest BCUT2D eigenvalue weighted by atomic mass is 16.5. The first-order valence-electron chi connectivity index (χ1n) is 6.08. The smallest absolute Gasteiger partial charge is 0.129 e. The van der Waals surface area contributed by atoms with Crippen LogP contribution in [0.1, 0.15) is 19.3 Å². The van der Waals surface area contributed by atoms with Gasteiger partial charge in [-0.1, -0.05) is 0 Å². The van der Waals surface area contributed by atoms with Gasteiger partial charge in [0, 0.05) is 25.8 Å². The maximum Gasteiger partial charge on any atom is 0.129 e. The van der Waals surface area contributed by atoms with Crippen LogP contribution in [-0.2, 0) is 14.3 Å². The Morgan fingerprint density at radius 2 is 2.31 bits per heavy atom. The summed E-state index contributed by atoms with van der Waals surface area (Å²) in [6, 6.07) is 0.471. The second-order valence-electron chi connectivity index (χ2n) is 5.07. The van der Waals surface area contributed by atoms with Crippen molar-refractivity contribution in [3.63, 3.8) is 0 Å². The Balaban J connectivity index is 1.91. The molecule has 0 radical (unpaired) electrons. The lowest BCUT2D eigenvalue weighted by atomic mass is 9.83. The monoisotopic (exact) mass is 227 g/mol. The number of aldehydes is 1. The molecule has 2 rings (SSSR count). The number of carbonyl (C=O) groups excluding carboxylic acids is 1. The number of nitrogens with zero attached hydrogens (tertiary/aromatic N) is 1. The maximum absolute atomic E-state index is 11.3. The van der Waals surface area contributed by atoms with Crippen molar-refractivity contribution in [1.29, 1.82) is 0 Å². The Bertz CT molecular complexity index is 232. The molecule has 4 heteroatoms. The molecule has 2 aliphatic rings. The summed E-state index contributed by atoms with van der Waals surface area (Å²) in [7, 11) is 2.08. The van der Waals surface area contributed by atoms with Gasteiger partial charge in [-0.3, -0.25) is 4.90 Å². The first-order chi connectivity index (χ1) is 7.76. The molecule has 0 aliphatic carbocycles. The molecular weight excluding hydrogens is 206 g/mol. The number of hydrogen-bond donors (Lipinski definition) is 0. The van der Waals surface area contributed by atoms with E-state index in [1.54, 1.807) is 0 Å². The molecule has 2 atom stereocenters. The predicted molar refractivity (Wildman–Crippen MR) is 60.4 cm³/mol. The van der Waals surface area contributed by atoms with Crippen LogP contribution in [0.5, 0.6) is 0 Å². The highest BCUT2D eigenvalue weighted by Gasteiger charge is 2.35. The number of rotatable bonds is 4. The van der Waals surface area contributed by atoms with Gasteiger partial charge in [0.1, 0.15) is 6.29 Å². The van der Waals surface area contributed by atoms with E-state index in [2.05, 4.69) is 11.9 Å². The van der Waals surface area contributed by atoms with Crippen molar-refractivity contribution in [1.82, 2.24) is 4.90 Å². The summed E-state index contributed by atoms with van der Waals surface area (Å²) >= 11 is 0. The number of carbonyl (C=O) groups is 1. The summed E-state index contributed by atoms with van der Waals surface area (Å²) in [4.78, 5) is 13.6. The zero-order valence-corrected chi connectivity index (χ0v) is 9.98. The van der Waals surface area contributed by atoms with Gasteiger partial charge in [0.15, 0.2) is 0 Å². The Morgan fingerprint density at radius 1 is 1.44 bits per heavy atom. The molecule has 2 heterocycles. The highest BCUT2D eigenvalue weighted by molar-refractivity contribution is 5.60. The molecule has 92 valence electrons. The Labute approximate surface area is 96.9 Å². The van der Waals surface area contributed by atoms with E-state index in [4.69, 9.17) is 9.47 Å². The average molecular weight is 227 g/mol. The van der Waals surface area contributed by atoms with E-state index in [1.807, 2.05) is 0 Å². The Kier molecular flexibility index (Phi) is 3.95. The zero-order valence-electron chi connectivity index (χ0n) is 9.98. The molecule has 0 aromatic heterocycles. The largest absolute Gasteiger partial charge is 0.380 e. The fourth-order valence-electron chi connectivity index (χ4n) is 2.62. The molecule has 2 aliphatic heterocycles. The fourth-order valence-corrected chi connectivity index (χ4v) is 2.62. The minimum absolute atomic E-state index is 0.282. The first-order valence-corrected chi connectivity index (χ1v) is 6.08. The molecule has 0 amide bonds. The number of hydrogen-bond acceptors (Lipinski definition) is 4. The van der Waals surface area contributed by atoms with Gasteiger partial charge >= 0.3 is 0 Å². The normalized spacial score (nSPS) is 35.5. The van der Waals surface area contributed by atoms with Crippen molar-refractivity contribution >= 4 is 6.29 Å². The van der Waals surface area contributed by atoms with E-state index in [0.29, 0.717) is 12.6 Å². The first kappa shape index (κ1) is 12.0. The number of ether oxygens (including phenoxy) is 2. The summed E-state index contributed by atoms with van der Waals surface area (Å²) in [5.41, 5.74) is -0.282. The minimum Gasteiger partial charge on any atom is -0.380 e. The molecular formula is C12H21NO3. The van der Waals surface area contributed by atoms with E-state index < -0.39 is 0 Å². The second-order valence-corrected chi connectivity index (χ2v) is 5.07. The van der Waals surface area contributed by atoms with Gasteiger partial charge < -0.3 is 14.3 Å². The fraction of sp³-hybridized carbons (Fsp3) is 0.917. The lowest BCUT2D eigenvalue weighted by molar-refractivity contribution is -0.125. The van der Waals surface area contributed by atoms with E-state index in [1.165, 1.54) is 0 Å². The molecule has 2 unspecified atom stereocenters. The van der Waals surface area contributed by atoms with E-state index in [0.717, 1.165) is 51.9 Å². The van der Waals surface area contributed by atoms with Gasteiger partial charge in [-0.05, 0) is 26.3 Å². The van der Waals surface area contributed by atoms with Crippen LogP contribution in [0.3, 0.4) is 0 Å². The van der Waals surface area contributed by atoms with Gasteiger partial charge in [-0.2, -0.15) is 0 Å². The third-order valence-electron chi connectivity index (χ3n) is 3.70. The molecule has 2 fully saturated rings.